The molecule has 0 bridgehead atoms. The lowest BCUT2D eigenvalue weighted by Gasteiger charge is -2.19. The monoisotopic (exact) mass is 435 g/mol. The summed E-state index contributed by atoms with van der Waals surface area (Å²) in [4.78, 5) is 12.6. The molecule has 1 atom stereocenters. The molecule has 0 radical (unpaired) electrons. The van der Waals surface area contributed by atoms with Crippen LogP contribution < -0.4 is 15.5 Å². The van der Waals surface area contributed by atoms with Crippen molar-refractivity contribution in [3.05, 3.63) is 44.3 Å². The van der Waals surface area contributed by atoms with Gasteiger partial charge in [-0.3, -0.25) is 4.99 Å². The van der Waals surface area contributed by atoms with Gasteiger partial charge in [-0.1, -0.05) is 22.0 Å². The van der Waals surface area contributed by atoms with Crippen molar-refractivity contribution in [3.8, 4) is 0 Å². The van der Waals surface area contributed by atoms with Crippen LogP contribution >= 0.6 is 27.3 Å². The summed E-state index contributed by atoms with van der Waals surface area (Å²) >= 11 is 5.30. The van der Waals surface area contributed by atoms with Crippen molar-refractivity contribution in [2.45, 2.75) is 26.8 Å². The second-order valence-corrected chi connectivity index (χ2v) is 8.84. The van der Waals surface area contributed by atoms with Crippen LogP contribution in [0.15, 0.2) is 33.7 Å². The Bertz CT molecular complexity index is 754. The number of aromatic nitrogens is 1. The van der Waals surface area contributed by atoms with Gasteiger partial charge in [0.1, 0.15) is 5.01 Å². The second kappa shape index (κ2) is 8.86. The highest BCUT2D eigenvalue weighted by molar-refractivity contribution is 9.10. The summed E-state index contributed by atoms with van der Waals surface area (Å²) in [6.45, 7) is 7.99. The lowest BCUT2D eigenvalue weighted by Crippen LogP contribution is -2.39. The van der Waals surface area contributed by atoms with Crippen molar-refractivity contribution in [1.29, 1.82) is 0 Å². The molecule has 3 rings (SSSR count). The third kappa shape index (κ3) is 4.98. The minimum absolute atomic E-state index is 0.622. The van der Waals surface area contributed by atoms with Gasteiger partial charge in [0.2, 0.25) is 0 Å². The maximum Gasteiger partial charge on any atom is 0.191 e. The van der Waals surface area contributed by atoms with Crippen LogP contribution in [-0.4, -0.2) is 37.6 Å². The number of guanidine groups is 1. The van der Waals surface area contributed by atoms with Crippen LogP contribution in [-0.2, 0) is 6.54 Å². The predicted octanol–water partition coefficient (Wildman–Crippen LogP) is 3.71. The fraction of sp³-hybridized carbons (Fsp3) is 0.474. The molecule has 26 heavy (non-hydrogen) atoms. The standard InChI is InChI=1S/C19H26BrN5S/c1-13-14(2)26-18(24-13)11-23-19(21-3)22-10-15-7-8-25(12-15)17-6-4-5-16(20)9-17/h4-6,9,15H,7-8,10-12H2,1-3H3,(H2,21,22,23). The topological polar surface area (TPSA) is 52.6 Å². The predicted molar refractivity (Wildman–Crippen MR) is 114 cm³/mol. The molecule has 5 nitrogen and oxygen atoms in total. The molecule has 2 aromatic rings. The number of benzene rings is 1. The summed E-state index contributed by atoms with van der Waals surface area (Å²) in [5.74, 6) is 1.47. The minimum atomic E-state index is 0.622. The zero-order valence-corrected chi connectivity index (χ0v) is 18.0. The normalized spacial score (nSPS) is 17.6. The molecule has 1 saturated heterocycles. The van der Waals surface area contributed by atoms with Gasteiger partial charge in [-0.25, -0.2) is 4.98 Å². The average Bonchev–Trinajstić information content (AvgIpc) is 3.22. The summed E-state index contributed by atoms with van der Waals surface area (Å²) in [6.07, 6.45) is 1.20. The van der Waals surface area contributed by atoms with Crippen LogP contribution in [0.2, 0.25) is 0 Å². The van der Waals surface area contributed by atoms with Gasteiger partial charge in [-0.2, -0.15) is 0 Å². The quantitative estimate of drug-likeness (QED) is 0.554. The summed E-state index contributed by atoms with van der Waals surface area (Å²) in [5.41, 5.74) is 2.41. The van der Waals surface area contributed by atoms with Gasteiger partial charge in [0.05, 0.1) is 12.2 Å². The van der Waals surface area contributed by atoms with Gasteiger partial charge in [0.25, 0.3) is 0 Å². The fourth-order valence-electron chi connectivity index (χ4n) is 3.14. The number of aryl methyl sites for hydroxylation is 2. The summed E-state index contributed by atoms with van der Waals surface area (Å²) < 4.78 is 1.13. The van der Waals surface area contributed by atoms with Crippen molar-refractivity contribution < 1.29 is 0 Å². The summed E-state index contributed by atoms with van der Waals surface area (Å²) in [6, 6.07) is 8.53. The zero-order chi connectivity index (χ0) is 18.5. The number of nitrogens with one attached hydrogen (secondary N) is 2. The number of hydrogen-bond acceptors (Lipinski definition) is 4. The number of rotatable bonds is 5. The van der Waals surface area contributed by atoms with Crippen LogP contribution in [0.4, 0.5) is 5.69 Å². The van der Waals surface area contributed by atoms with E-state index in [0.717, 1.165) is 40.8 Å². The Kier molecular flexibility index (Phi) is 6.53. The van der Waals surface area contributed by atoms with Crippen molar-refractivity contribution in [2.24, 2.45) is 10.9 Å². The maximum atomic E-state index is 4.57. The van der Waals surface area contributed by atoms with E-state index in [-0.39, 0.29) is 0 Å². The van der Waals surface area contributed by atoms with E-state index in [4.69, 9.17) is 0 Å². The molecule has 0 saturated carbocycles. The molecule has 1 aliphatic rings. The lowest BCUT2D eigenvalue weighted by atomic mass is 10.1. The molecule has 1 aliphatic heterocycles. The molecule has 2 heterocycles. The summed E-state index contributed by atoms with van der Waals surface area (Å²) in [7, 11) is 1.82. The van der Waals surface area contributed by atoms with Gasteiger partial charge in [-0.05, 0) is 44.4 Å². The lowest BCUT2D eigenvalue weighted by molar-refractivity contribution is 0.565. The van der Waals surface area contributed by atoms with Gasteiger partial charge in [0.15, 0.2) is 5.96 Å². The molecule has 0 amide bonds. The van der Waals surface area contributed by atoms with Crippen LogP contribution in [0.25, 0.3) is 0 Å². The molecule has 140 valence electrons. The third-order valence-electron chi connectivity index (χ3n) is 4.72. The Balaban J connectivity index is 1.45. The first-order chi connectivity index (χ1) is 12.5. The Morgan fingerprint density at radius 1 is 1.38 bits per heavy atom. The first-order valence-electron chi connectivity index (χ1n) is 8.93. The highest BCUT2D eigenvalue weighted by atomic mass is 79.9. The smallest absolute Gasteiger partial charge is 0.191 e. The Morgan fingerprint density at radius 3 is 2.92 bits per heavy atom. The molecular weight excluding hydrogens is 410 g/mol. The zero-order valence-electron chi connectivity index (χ0n) is 15.6. The highest BCUT2D eigenvalue weighted by Crippen LogP contribution is 2.25. The van der Waals surface area contributed by atoms with E-state index in [2.05, 4.69) is 79.6 Å². The SMILES string of the molecule is CN=C(NCc1nc(C)c(C)s1)NCC1CCN(c2cccc(Br)c2)C1. The Morgan fingerprint density at radius 2 is 2.23 bits per heavy atom. The van der Waals surface area contributed by atoms with E-state index in [1.54, 1.807) is 11.3 Å². The van der Waals surface area contributed by atoms with Crippen molar-refractivity contribution in [2.75, 3.05) is 31.6 Å². The number of halogens is 1. The van der Waals surface area contributed by atoms with Crippen LogP contribution in [0.1, 0.15) is 22.0 Å². The summed E-state index contributed by atoms with van der Waals surface area (Å²) in [5, 5.41) is 7.94. The van der Waals surface area contributed by atoms with Crippen LogP contribution in [0.3, 0.4) is 0 Å². The Hall–Kier alpha value is -1.60. The third-order valence-corrected chi connectivity index (χ3v) is 6.29. The van der Waals surface area contributed by atoms with E-state index in [9.17, 15) is 0 Å². The first kappa shape index (κ1) is 19.2. The van der Waals surface area contributed by atoms with Crippen molar-refractivity contribution >= 4 is 38.9 Å². The molecular formula is C19H26BrN5S. The highest BCUT2D eigenvalue weighted by Gasteiger charge is 2.23. The number of anilines is 1. The molecule has 0 spiro atoms. The van der Waals surface area contributed by atoms with E-state index in [1.165, 1.54) is 17.0 Å². The molecule has 2 N–H and O–H groups in total. The molecule has 1 aromatic carbocycles. The van der Waals surface area contributed by atoms with Crippen LogP contribution in [0.5, 0.6) is 0 Å². The second-order valence-electron chi connectivity index (χ2n) is 6.64. The average molecular weight is 436 g/mol. The number of nitrogens with zero attached hydrogens (tertiary/aromatic N) is 3. The molecule has 1 aromatic heterocycles. The van der Waals surface area contributed by atoms with E-state index in [0.29, 0.717) is 12.5 Å². The molecule has 7 heteroatoms. The Labute approximate surface area is 168 Å². The first-order valence-corrected chi connectivity index (χ1v) is 10.5. The molecule has 0 aliphatic carbocycles. The molecule has 1 unspecified atom stereocenters. The minimum Gasteiger partial charge on any atom is -0.371 e. The van der Waals surface area contributed by atoms with Gasteiger partial charge in [-0.15, -0.1) is 11.3 Å². The number of thiazole rings is 1. The molecule has 1 fully saturated rings. The van der Waals surface area contributed by atoms with E-state index in [1.807, 2.05) is 7.05 Å². The van der Waals surface area contributed by atoms with Crippen LogP contribution in [0, 0.1) is 19.8 Å². The van der Waals surface area contributed by atoms with Gasteiger partial charge >= 0.3 is 0 Å². The van der Waals surface area contributed by atoms with E-state index < -0.39 is 0 Å². The van der Waals surface area contributed by atoms with Crippen molar-refractivity contribution in [1.82, 2.24) is 15.6 Å². The van der Waals surface area contributed by atoms with Gasteiger partial charge < -0.3 is 15.5 Å². The van der Waals surface area contributed by atoms with E-state index >= 15 is 0 Å². The van der Waals surface area contributed by atoms with Crippen molar-refractivity contribution in [3.63, 3.8) is 0 Å². The maximum absolute atomic E-state index is 4.57. The largest absolute Gasteiger partial charge is 0.371 e. The fourth-order valence-corrected chi connectivity index (χ4v) is 4.40. The van der Waals surface area contributed by atoms with Gasteiger partial charge in [0, 0.05) is 41.7 Å². The number of hydrogen-bond donors (Lipinski definition) is 2. The number of aliphatic imine (C=N–C) groups is 1.